The Morgan fingerprint density at radius 3 is 2.59 bits per heavy atom. The molecule has 0 radical (unpaired) electrons. The van der Waals surface area contributed by atoms with E-state index in [1.807, 2.05) is 26.0 Å². The summed E-state index contributed by atoms with van der Waals surface area (Å²) in [7, 11) is 0. The lowest BCUT2D eigenvalue weighted by molar-refractivity contribution is -0.139. The van der Waals surface area contributed by atoms with Gasteiger partial charge in [-0.05, 0) is 31.4 Å². The Hall–Kier alpha value is -2.89. The zero-order valence-electron chi connectivity index (χ0n) is 16.3. The van der Waals surface area contributed by atoms with Crippen LogP contribution < -0.4 is 5.32 Å². The van der Waals surface area contributed by atoms with E-state index in [0.717, 1.165) is 41.2 Å². The molecule has 0 amide bonds. The van der Waals surface area contributed by atoms with Gasteiger partial charge in [-0.1, -0.05) is 39.8 Å². The molecule has 2 aromatic heterocycles. The molecule has 0 aromatic carbocycles. The molecule has 6 nitrogen and oxygen atoms in total. The predicted molar refractivity (Wildman–Crippen MR) is 106 cm³/mol. The van der Waals surface area contributed by atoms with E-state index in [1.165, 1.54) is 0 Å². The maximum absolute atomic E-state index is 11.0. The highest BCUT2D eigenvalue weighted by Gasteiger charge is 2.18. The summed E-state index contributed by atoms with van der Waals surface area (Å²) in [5.74, 6) is 0.108. The number of allylic oxidation sites excluding steroid dienone is 2. The highest BCUT2D eigenvalue weighted by Crippen LogP contribution is 2.26. The number of carboxylic acid groups (broad SMARTS) is 1. The quantitative estimate of drug-likeness (QED) is 0.757. The van der Waals surface area contributed by atoms with E-state index in [-0.39, 0.29) is 0 Å². The van der Waals surface area contributed by atoms with Crippen LogP contribution in [0.25, 0.3) is 11.4 Å². The molecule has 0 fully saturated rings. The second-order valence-corrected chi connectivity index (χ2v) is 5.86. The molecular formula is C21H27N3O3. The van der Waals surface area contributed by atoms with Crippen molar-refractivity contribution < 1.29 is 14.3 Å². The third-order valence-corrected chi connectivity index (χ3v) is 4.24. The number of carbonyl (C=O) groups is 1. The Morgan fingerprint density at radius 2 is 2.07 bits per heavy atom. The van der Waals surface area contributed by atoms with Crippen molar-refractivity contribution in [3.63, 3.8) is 0 Å². The largest absolute Gasteiger partial charge is 0.481 e. The van der Waals surface area contributed by atoms with Crippen molar-refractivity contribution in [3.05, 3.63) is 53.8 Å². The summed E-state index contributed by atoms with van der Waals surface area (Å²) >= 11 is 0. The van der Waals surface area contributed by atoms with Crippen LogP contribution in [0.3, 0.4) is 0 Å². The first-order chi connectivity index (χ1) is 13.1. The van der Waals surface area contributed by atoms with Crippen molar-refractivity contribution in [2.24, 2.45) is 5.92 Å². The fourth-order valence-electron chi connectivity index (χ4n) is 2.85. The lowest BCUT2D eigenvalue weighted by Crippen LogP contribution is -2.15. The summed E-state index contributed by atoms with van der Waals surface area (Å²) in [6.07, 6.45) is 10.7. The molecule has 2 aromatic rings. The molecule has 27 heavy (non-hydrogen) atoms. The van der Waals surface area contributed by atoms with Crippen LogP contribution in [0.15, 0.2) is 46.9 Å². The van der Waals surface area contributed by atoms with Gasteiger partial charge >= 0.3 is 5.97 Å². The van der Waals surface area contributed by atoms with E-state index in [1.54, 1.807) is 24.7 Å². The van der Waals surface area contributed by atoms with Crippen molar-refractivity contribution >= 4 is 11.8 Å². The monoisotopic (exact) mass is 369 g/mol. The molecule has 0 spiro atoms. The smallest absolute Gasteiger partial charge is 0.310 e. The van der Waals surface area contributed by atoms with E-state index in [9.17, 15) is 4.79 Å². The topological polar surface area (TPSA) is 88.3 Å². The summed E-state index contributed by atoms with van der Waals surface area (Å²) in [4.78, 5) is 20.4. The maximum Gasteiger partial charge on any atom is 0.310 e. The van der Waals surface area contributed by atoms with Gasteiger partial charge in [0.25, 0.3) is 0 Å². The molecule has 1 unspecified atom stereocenters. The van der Waals surface area contributed by atoms with Gasteiger partial charge in [-0.15, -0.1) is 0 Å². The first kappa shape index (κ1) is 20.4. The highest BCUT2D eigenvalue weighted by molar-refractivity contribution is 5.73. The van der Waals surface area contributed by atoms with Crippen LogP contribution in [-0.4, -0.2) is 21.0 Å². The second kappa shape index (κ2) is 9.71. The zero-order valence-corrected chi connectivity index (χ0v) is 16.3. The normalized spacial score (nSPS) is 15.6. The van der Waals surface area contributed by atoms with Crippen LogP contribution in [0, 0.1) is 5.92 Å². The molecule has 2 heterocycles. The number of hydrogen-bond acceptors (Lipinski definition) is 5. The predicted octanol–water partition coefficient (Wildman–Crippen LogP) is 4.84. The van der Waals surface area contributed by atoms with Gasteiger partial charge in [0.05, 0.1) is 17.7 Å². The third-order valence-electron chi connectivity index (χ3n) is 4.24. The van der Waals surface area contributed by atoms with Crippen LogP contribution >= 0.6 is 0 Å². The molecule has 0 bridgehead atoms. The average molecular weight is 369 g/mol. The van der Waals surface area contributed by atoms with Crippen molar-refractivity contribution in [2.75, 3.05) is 5.32 Å². The first-order valence-electron chi connectivity index (χ1n) is 9.42. The number of hydrogen-bond donors (Lipinski definition) is 2. The van der Waals surface area contributed by atoms with Crippen molar-refractivity contribution in [1.29, 1.82) is 0 Å². The molecular weight excluding hydrogens is 342 g/mol. The van der Waals surface area contributed by atoms with E-state index in [0.29, 0.717) is 12.2 Å². The fraction of sp³-hybridized carbons (Fsp3) is 0.381. The first-order valence-corrected chi connectivity index (χ1v) is 9.42. The average Bonchev–Trinajstić information content (AvgIpc) is 3.24. The maximum atomic E-state index is 11.0. The number of aromatic nitrogens is 2. The number of aliphatic carboxylic acids is 1. The second-order valence-electron chi connectivity index (χ2n) is 5.86. The summed E-state index contributed by atoms with van der Waals surface area (Å²) in [6.45, 7) is 8.15. The van der Waals surface area contributed by atoms with E-state index in [2.05, 4.69) is 29.1 Å². The molecule has 0 saturated heterocycles. The molecule has 0 aliphatic heterocycles. The Labute approximate surface area is 160 Å². The number of nitrogens with zero attached hydrogens (tertiary/aromatic N) is 2. The van der Waals surface area contributed by atoms with Crippen LogP contribution in [0.4, 0.5) is 5.82 Å². The van der Waals surface area contributed by atoms with Gasteiger partial charge in [-0.3, -0.25) is 4.79 Å². The number of carboxylic acids is 1. The van der Waals surface area contributed by atoms with Crippen molar-refractivity contribution in [3.8, 4) is 11.4 Å². The Kier molecular flexibility index (Phi) is 7.34. The number of aryl methyl sites for hydroxylation is 1. The van der Waals surface area contributed by atoms with E-state index < -0.39 is 11.9 Å². The Bertz CT molecular complexity index is 823. The van der Waals surface area contributed by atoms with Gasteiger partial charge in [0.1, 0.15) is 12.1 Å². The molecule has 144 valence electrons. The van der Waals surface area contributed by atoms with E-state index >= 15 is 0 Å². The van der Waals surface area contributed by atoms with Gasteiger partial charge in [0.2, 0.25) is 0 Å². The molecule has 6 heteroatoms. The number of furan rings is 1. The number of nitrogens with one attached hydrogen (secondary N) is 1. The minimum Gasteiger partial charge on any atom is -0.481 e. The molecule has 3 rings (SSSR count). The Morgan fingerprint density at radius 1 is 1.30 bits per heavy atom. The molecule has 1 aliphatic carbocycles. The van der Waals surface area contributed by atoms with Crippen molar-refractivity contribution in [2.45, 2.75) is 47.0 Å². The third kappa shape index (κ3) is 4.84. The standard InChI is InChI=1S/C19H21N3O3.C2H6/c1-3-15-16(4-2)21-17(13-9-10-25-11-13)22-18(15)20-14-7-5-12(6-8-14)19(23)24;1-2/h5,7-12H,3-4,6H2,1-2H3,(H,23,24)(H,20,21,22);1-2H3. The number of anilines is 1. The van der Waals surface area contributed by atoms with Gasteiger partial charge in [0, 0.05) is 17.0 Å². The molecule has 1 aliphatic rings. The molecule has 0 saturated carbocycles. The molecule has 1 atom stereocenters. The van der Waals surface area contributed by atoms with E-state index in [4.69, 9.17) is 9.52 Å². The summed E-state index contributed by atoms with van der Waals surface area (Å²) < 4.78 is 5.14. The van der Waals surface area contributed by atoms with Crippen LogP contribution in [0.1, 0.15) is 45.4 Å². The zero-order chi connectivity index (χ0) is 19.8. The minimum atomic E-state index is -0.807. The highest BCUT2D eigenvalue weighted by atomic mass is 16.4. The van der Waals surface area contributed by atoms with Gasteiger partial charge in [-0.25, -0.2) is 9.97 Å². The fourth-order valence-corrected chi connectivity index (χ4v) is 2.85. The van der Waals surface area contributed by atoms with Gasteiger partial charge in [-0.2, -0.15) is 0 Å². The summed E-state index contributed by atoms with van der Waals surface area (Å²) in [6, 6.07) is 1.83. The molecule has 2 N–H and O–H groups in total. The van der Waals surface area contributed by atoms with Crippen molar-refractivity contribution in [1.82, 2.24) is 9.97 Å². The van der Waals surface area contributed by atoms with Gasteiger partial charge < -0.3 is 14.8 Å². The Balaban J connectivity index is 0.00000126. The minimum absolute atomic E-state index is 0.464. The van der Waals surface area contributed by atoms with Crippen LogP contribution in [-0.2, 0) is 17.6 Å². The van der Waals surface area contributed by atoms with Gasteiger partial charge in [0.15, 0.2) is 5.82 Å². The lowest BCUT2D eigenvalue weighted by atomic mass is 9.99. The lowest BCUT2D eigenvalue weighted by Gasteiger charge is -2.17. The summed E-state index contributed by atoms with van der Waals surface area (Å²) in [5.41, 5.74) is 3.76. The number of rotatable bonds is 6. The summed E-state index contributed by atoms with van der Waals surface area (Å²) in [5, 5.41) is 12.4. The SMILES string of the molecule is CC.CCc1nc(-c2ccoc2)nc(NC2=CCC(C(=O)O)C=C2)c1CC. The van der Waals surface area contributed by atoms with Crippen LogP contribution in [0.5, 0.6) is 0 Å². The van der Waals surface area contributed by atoms with Crippen LogP contribution in [0.2, 0.25) is 0 Å².